The van der Waals surface area contributed by atoms with Crippen molar-refractivity contribution in [2.24, 2.45) is 5.92 Å². The first kappa shape index (κ1) is 14.9. The van der Waals surface area contributed by atoms with Crippen LogP contribution in [0.2, 0.25) is 0 Å². The van der Waals surface area contributed by atoms with Crippen LogP contribution in [0.15, 0.2) is 40.9 Å². The molecule has 19 heavy (non-hydrogen) atoms. The molecular weight excluding hydrogens is 368 g/mol. The molecule has 2 rings (SSSR count). The van der Waals surface area contributed by atoms with Crippen molar-refractivity contribution in [2.75, 3.05) is 11.9 Å². The van der Waals surface area contributed by atoms with Gasteiger partial charge < -0.3 is 4.74 Å². The van der Waals surface area contributed by atoms with Gasteiger partial charge in [-0.2, -0.15) is 0 Å². The third kappa shape index (κ3) is 3.96. The van der Waals surface area contributed by atoms with E-state index in [1.807, 2.05) is 6.07 Å². The van der Waals surface area contributed by atoms with E-state index < -0.39 is 0 Å². The number of alkyl halides is 1. The van der Waals surface area contributed by atoms with Crippen molar-refractivity contribution >= 4 is 42.6 Å². The molecule has 0 aliphatic carbocycles. The highest BCUT2D eigenvalue weighted by Crippen LogP contribution is 2.33. The maximum atomic E-state index is 5.90. The van der Waals surface area contributed by atoms with Crippen LogP contribution in [0.4, 0.5) is 0 Å². The average molecular weight is 386 g/mol. The summed E-state index contributed by atoms with van der Waals surface area (Å²) in [5.74, 6) is 1.63. The Kier molecular flexibility index (Phi) is 5.71. The molecular formula is C16H18Br2O. The van der Waals surface area contributed by atoms with E-state index in [1.54, 1.807) is 0 Å². The molecule has 1 unspecified atom stereocenters. The Morgan fingerprint density at radius 1 is 1.11 bits per heavy atom. The van der Waals surface area contributed by atoms with Crippen LogP contribution in [0.25, 0.3) is 10.8 Å². The Bertz CT molecular complexity index is 539. The minimum absolute atomic E-state index is 0.693. The highest BCUT2D eigenvalue weighted by molar-refractivity contribution is 9.10. The molecule has 1 atom stereocenters. The summed E-state index contributed by atoms with van der Waals surface area (Å²) in [7, 11) is 0. The summed E-state index contributed by atoms with van der Waals surface area (Å²) in [6.45, 7) is 3.03. The fourth-order valence-electron chi connectivity index (χ4n) is 2.03. The number of hydrogen-bond acceptors (Lipinski definition) is 1. The number of benzene rings is 2. The fraction of sp³-hybridized carbons (Fsp3) is 0.375. The zero-order chi connectivity index (χ0) is 13.7. The topological polar surface area (TPSA) is 9.23 Å². The Balaban J connectivity index is 2.03. The number of hydrogen-bond donors (Lipinski definition) is 0. The van der Waals surface area contributed by atoms with E-state index in [2.05, 4.69) is 69.1 Å². The largest absolute Gasteiger partial charge is 0.492 e. The minimum atomic E-state index is 0.693. The first-order valence-electron chi connectivity index (χ1n) is 6.58. The summed E-state index contributed by atoms with van der Waals surface area (Å²) in [6.07, 6.45) is 2.28. The smallest absolute Gasteiger partial charge is 0.134 e. The van der Waals surface area contributed by atoms with Crippen molar-refractivity contribution in [2.45, 2.75) is 19.8 Å². The third-order valence-corrected chi connectivity index (χ3v) is 4.57. The van der Waals surface area contributed by atoms with Crippen LogP contribution in [0.5, 0.6) is 5.75 Å². The van der Waals surface area contributed by atoms with E-state index >= 15 is 0 Å². The van der Waals surface area contributed by atoms with Gasteiger partial charge in [0.2, 0.25) is 0 Å². The van der Waals surface area contributed by atoms with E-state index in [4.69, 9.17) is 4.74 Å². The summed E-state index contributed by atoms with van der Waals surface area (Å²) in [5, 5.41) is 3.50. The Morgan fingerprint density at radius 2 is 1.89 bits per heavy atom. The Morgan fingerprint density at radius 3 is 2.68 bits per heavy atom. The second-order valence-electron chi connectivity index (χ2n) is 4.82. The highest BCUT2D eigenvalue weighted by atomic mass is 79.9. The van der Waals surface area contributed by atoms with Crippen LogP contribution in [-0.2, 0) is 0 Å². The van der Waals surface area contributed by atoms with Crippen molar-refractivity contribution in [1.82, 2.24) is 0 Å². The predicted molar refractivity (Wildman–Crippen MR) is 89.3 cm³/mol. The molecule has 0 amide bonds. The molecule has 0 aliphatic rings. The van der Waals surface area contributed by atoms with E-state index in [0.717, 1.165) is 28.6 Å². The Labute approximate surface area is 131 Å². The lowest BCUT2D eigenvalue weighted by atomic mass is 10.1. The third-order valence-electron chi connectivity index (χ3n) is 3.30. The lowest BCUT2D eigenvalue weighted by Crippen LogP contribution is -2.05. The van der Waals surface area contributed by atoms with Crippen molar-refractivity contribution < 1.29 is 4.74 Å². The first-order chi connectivity index (χ1) is 9.22. The van der Waals surface area contributed by atoms with Gasteiger partial charge in [-0.25, -0.2) is 0 Å². The summed E-state index contributed by atoms with van der Waals surface area (Å²) in [5.41, 5.74) is 0. The SMILES string of the molecule is CC(CCBr)CCOc1ccc2ccccc2c1Br. The van der Waals surface area contributed by atoms with Gasteiger partial charge in [-0.15, -0.1) is 0 Å². The number of halogens is 2. The van der Waals surface area contributed by atoms with E-state index in [0.29, 0.717) is 5.92 Å². The van der Waals surface area contributed by atoms with Gasteiger partial charge in [-0.3, -0.25) is 0 Å². The van der Waals surface area contributed by atoms with Crippen LogP contribution >= 0.6 is 31.9 Å². The zero-order valence-electron chi connectivity index (χ0n) is 11.0. The normalized spacial score (nSPS) is 12.6. The minimum Gasteiger partial charge on any atom is -0.492 e. The molecule has 0 fully saturated rings. The van der Waals surface area contributed by atoms with Gasteiger partial charge in [0.05, 0.1) is 11.1 Å². The molecule has 0 spiro atoms. The maximum Gasteiger partial charge on any atom is 0.134 e. The van der Waals surface area contributed by atoms with Crippen LogP contribution in [0, 0.1) is 5.92 Å². The summed E-state index contributed by atoms with van der Waals surface area (Å²) < 4.78 is 6.95. The zero-order valence-corrected chi connectivity index (χ0v) is 14.2. The monoisotopic (exact) mass is 384 g/mol. The van der Waals surface area contributed by atoms with E-state index in [1.165, 1.54) is 17.2 Å². The molecule has 1 nitrogen and oxygen atoms in total. The average Bonchev–Trinajstić information content (AvgIpc) is 2.42. The summed E-state index contributed by atoms with van der Waals surface area (Å²) in [4.78, 5) is 0. The molecule has 2 aromatic rings. The second-order valence-corrected chi connectivity index (χ2v) is 6.40. The molecule has 2 aromatic carbocycles. The van der Waals surface area contributed by atoms with Crippen LogP contribution in [0.3, 0.4) is 0 Å². The lowest BCUT2D eigenvalue weighted by Gasteiger charge is -2.13. The number of ether oxygens (including phenoxy) is 1. The van der Waals surface area contributed by atoms with Gasteiger partial charge in [0.1, 0.15) is 5.75 Å². The Hall–Kier alpha value is -0.540. The van der Waals surface area contributed by atoms with Crippen LogP contribution in [-0.4, -0.2) is 11.9 Å². The standard InChI is InChI=1S/C16H18Br2O/c1-12(8-10-17)9-11-19-15-7-6-13-4-2-3-5-14(13)16(15)18/h2-7,12H,8-11H2,1H3. The number of rotatable bonds is 6. The van der Waals surface area contributed by atoms with Gasteiger partial charge in [0.15, 0.2) is 0 Å². The molecule has 0 radical (unpaired) electrons. The van der Waals surface area contributed by atoms with E-state index in [9.17, 15) is 0 Å². The molecule has 102 valence electrons. The molecule has 0 N–H and O–H groups in total. The molecule has 0 aliphatic heterocycles. The maximum absolute atomic E-state index is 5.90. The van der Waals surface area contributed by atoms with Gasteiger partial charge in [0, 0.05) is 5.33 Å². The van der Waals surface area contributed by atoms with Crippen molar-refractivity contribution in [1.29, 1.82) is 0 Å². The summed E-state index contributed by atoms with van der Waals surface area (Å²) >= 11 is 7.12. The van der Waals surface area contributed by atoms with Gasteiger partial charge in [-0.1, -0.05) is 53.2 Å². The van der Waals surface area contributed by atoms with Gasteiger partial charge in [0.25, 0.3) is 0 Å². The van der Waals surface area contributed by atoms with Gasteiger partial charge >= 0.3 is 0 Å². The first-order valence-corrected chi connectivity index (χ1v) is 8.50. The van der Waals surface area contributed by atoms with Crippen LogP contribution < -0.4 is 4.74 Å². The van der Waals surface area contributed by atoms with Crippen molar-refractivity contribution in [3.05, 3.63) is 40.9 Å². The quantitative estimate of drug-likeness (QED) is 0.571. The molecule has 0 heterocycles. The molecule has 0 saturated carbocycles. The highest BCUT2D eigenvalue weighted by Gasteiger charge is 2.07. The van der Waals surface area contributed by atoms with E-state index in [-0.39, 0.29) is 0 Å². The number of fused-ring (bicyclic) bond motifs is 1. The lowest BCUT2D eigenvalue weighted by molar-refractivity contribution is 0.281. The summed E-state index contributed by atoms with van der Waals surface area (Å²) in [6, 6.07) is 12.5. The van der Waals surface area contributed by atoms with Gasteiger partial charge in [-0.05, 0) is 51.5 Å². The molecule has 3 heteroatoms. The van der Waals surface area contributed by atoms with Crippen LogP contribution in [0.1, 0.15) is 19.8 Å². The predicted octanol–water partition coefficient (Wildman–Crippen LogP) is 5.79. The van der Waals surface area contributed by atoms with Crippen molar-refractivity contribution in [3.8, 4) is 5.75 Å². The molecule has 0 bridgehead atoms. The van der Waals surface area contributed by atoms with Crippen molar-refractivity contribution in [3.63, 3.8) is 0 Å². The fourth-order valence-corrected chi connectivity index (χ4v) is 3.42. The molecule has 0 saturated heterocycles. The molecule has 0 aromatic heterocycles. The second kappa shape index (κ2) is 7.30.